The van der Waals surface area contributed by atoms with Crippen LogP contribution < -0.4 is 16.0 Å². The summed E-state index contributed by atoms with van der Waals surface area (Å²) >= 11 is 0. The van der Waals surface area contributed by atoms with E-state index < -0.39 is 0 Å². The fraction of sp³-hybridized carbons (Fsp3) is 0.233. The zero-order valence-corrected chi connectivity index (χ0v) is 23.3. The van der Waals surface area contributed by atoms with E-state index in [2.05, 4.69) is 45.2 Å². The van der Waals surface area contributed by atoms with Crippen LogP contribution in [-0.4, -0.2) is 86.3 Å². The molecular formula is C30H30FN11. The SMILES string of the molecule is CN(C)CCNc1cc(F)cc(-c2ccnc3[nH]c(-c4n[nH]c5cnc(-c6cncc(N7CC(N)C7)n6)cc45)cc23)c1. The fourth-order valence-electron chi connectivity index (χ4n) is 5.27. The number of likely N-dealkylation sites (N-methyl/N-ethyl adjacent to an activating group) is 1. The van der Waals surface area contributed by atoms with E-state index in [0.717, 1.165) is 69.9 Å². The number of nitrogens with zero attached hydrogens (tertiary/aromatic N) is 7. The number of aromatic nitrogens is 7. The summed E-state index contributed by atoms with van der Waals surface area (Å²) in [7, 11) is 4.01. The second kappa shape index (κ2) is 10.5. The topological polar surface area (TPSA) is 141 Å². The van der Waals surface area contributed by atoms with E-state index in [0.29, 0.717) is 23.6 Å². The largest absolute Gasteiger partial charge is 0.384 e. The lowest BCUT2D eigenvalue weighted by Crippen LogP contribution is -2.56. The third-order valence-corrected chi connectivity index (χ3v) is 7.45. The normalized spacial score (nSPS) is 13.8. The van der Waals surface area contributed by atoms with Gasteiger partial charge >= 0.3 is 0 Å². The molecule has 1 aliphatic heterocycles. The molecule has 1 aliphatic rings. The number of halogens is 1. The second-order valence-corrected chi connectivity index (χ2v) is 10.9. The Balaban J connectivity index is 1.24. The molecule has 0 radical (unpaired) electrons. The first-order valence-corrected chi connectivity index (χ1v) is 13.8. The molecule has 212 valence electrons. The maximum Gasteiger partial charge on any atom is 0.147 e. The molecule has 5 aromatic heterocycles. The zero-order valence-electron chi connectivity index (χ0n) is 23.3. The predicted octanol–water partition coefficient (Wildman–Crippen LogP) is 3.89. The van der Waals surface area contributed by atoms with Crippen molar-refractivity contribution in [1.82, 2.24) is 40.0 Å². The van der Waals surface area contributed by atoms with Crippen LogP contribution >= 0.6 is 0 Å². The minimum atomic E-state index is -0.303. The van der Waals surface area contributed by atoms with Gasteiger partial charge < -0.3 is 25.8 Å². The van der Waals surface area contributed by atoms with E-state index >= 15 is 0 Å². The van der Waals surface area contributed by atoms with E-state index in [4.69, 9.17) is 10.7 Å². The van der Waals surface area contributed by atoms with Crippen molar-refractivity contribution in [2.75, 3.05) is 50.5 Å². The quantitative estimate of drug-likeness (QED) is 0.217. The van der Waals surface area contributed by atoms with Crippen molar-refractivity contribution in [3.63, 3.8) is 0 Å². The Bertz CT molecular complexity index is 1900. The minimum Gasteiger partial charge on any atom is -0.384 e. The van der Waals surface area contributed by atoms with E-state index in [-0.39, 0.29) is 11.9 Å². The highest BCUT2D eigenvalue weighted by Gasteiger charge is 2.25. The van der Waals surface area contributed by atoms with Gasteiger partial charge in [0.25, 0.3) is 0 Å². The molecule has 6 aromatic rings. The van der Waals surface area contributed by atoms with Crippen molar-refractivity contribution >= 4 is 33.4 Å². The molecule has 5 N–H and O–H groups in total. The Morgan fingerprint density at radius 2 is 1.93 bits per heavy atom. The summed E-state index contributed by atoms with van der Waals surface area (Å²) in [5.41, 5.74) is 12.7. The van der Waals surface area contributed by atoms with Gasteiger partial charge in [-0.15, -0.1) is 0 Å². The standard InChI is InChI=1S/C30H30FN11/c1-41(2)6-5-34-20-8-17(7-18(31)9-20)21-3-4-35-30-22(21)10-25(38-30)29-23-11-24(36-13-26(23)39-40-29)27-12-33-14-28(37-27)42-15-19(32)16-42/h3-4,7-14,19,34H,5-6,15-16,32H2,1-2H3,(H,35,38)(H,39,40). The van der Waals surface area contributed by atoms with Crippen molar-refractivity contribution in [2.45, 2.75) is 6.04 Å². The van der Waals surface area contributed by atoms with Crippen molar-refractivity contribution < 1.29 is 4.39 Å². The lowest BCUT2D eigenvalue weighted by Gasteiger charge is -2.37. The number of aromatic amines is 2. The van der Waals surface area contributed by atoms with Crippen molar-refractivity contribution in [1.29, 1.82) is 0 Å². The maximum atomic E-state index is 14.7. The summed E-state index contributed by atoms with van der Waals surface area (Å²) in [6.45, 7) is 3.07. The van der Waals surface area contributed by atoms with Gasteiger partial charge in [-0.1, -0.05) is 0 Å². The lowest BCUT2D eigenvalue weighted by molar-refractivity contribution is 0.425. The third kappa shape index (κ3) is 4.91. The summed E-state index contributed by atoms with van der Waals surface area (Å²) in [4.78, 5) is 25.9. The van der Waals surface area contributed by atoms with E-state index in [1.807, 2.05) is 38.4 Å². The summed E-state index contributed by atoms with van der Waals surface area (Å²) in [6.07, 6.45) is 6.93. The average Bonchev–Trinajstić information content (AvgIpc) is 3.59. The smallest absolute Gasteiger partial charge is 0.147 e. The molecule has 7 rings (SSSR count). The number of pyridine rings is 2. The molecule has 1 saturated heterocycles. The molecule has 11 nitrogen and oxygen atoms in total. The number of H-pyrrole nitrogens is 2. The van der Waals surface area contributed by atoms with E-state index in [1.54, 1.807) is 30.9 Å². The van der Waals surface area contributed by atoms with Gasteiger partial charge in [-0.3, -0.25) is 15.1 Å². The van der Waals surface area contributed by atoms with Crippen LogP contribution in [0.2, 0.25) is 0 Å². The summed E-state index contributed by atoms with van der Waals surface area (Å²) in [6, 6.07) is 11.1. The zero-order chi connectivity index (χ0) is 28.8. The van der Waals surface area contributed by atoms with E-state index in [9.17, 15) is 4.39 Å². The Morgan fingerprint density at radius 3 is 2.76 bits per heavy atom. The van der Waals surface area contributed by atoms with Crippen LogP contribution in [0.3, 0.4) is 0 Å². The number of nitrogens with two attached hydrogens (primary N) is 1. The molecule has 1 aromatic carbocycles. The molecule has 0 spiro atoms. The van der Waals surface area contributed by atoms with Crippen LogP contribution in [0.1, 0.15) is 0 Å². The van der Waals surface area contributed by atoms with Crippen LogP contribution in [-0.2, 0) is 0 Å². The van der Waals surface area contributed by atoms with Crippen LogP contribution in [0.25, 0.3) is 55.8 Å². The lowest BCUT2D eigenvalue weighted by atomic mass is 10.0. The van der Waals surface area contributed by atoms with Gasteiger partial charge in [0.2, 0.25) is 0 Å². The predicted molar refractivity (Wildman–Crippen MR) is 163 cm³/mol. The number of anilines is 2. The van der Waals surface area contributed by atoms with Gasteiger partial charge in [-0.05, 0) is 61.6 Å². The number of hydrogen-bond acceptors (Lipinski definition) is 9. The first-order valence-electron chi connectivity index (χ1n) is 13.8. The Morgan fingerprint density at radius 1 is 1.05 bits per heavy atom. The van der Waals surface area contributed by atoms with Crippen LogP contribution in [0.5, 0.6) is 0 Å². The maximum absolute atomic E-state index is 14.7. The fourth-order valence-corrected chi connectivity index (χ4v) is 5.27. The van der Waals surface area contributed by atoms with Gasteiger partial charge in [0.05, 0.1) is 35.5 Å². The monoisotopic (exact) mass is 563 g/mol. The minimum absolute atomic E-state index is 0.164. The molecule has 12 heteroatoms. The first-order chi connectivity index (χ1) is 20.4. The van der Waals surface area contributed by atoms with Crippen LogP contribution in [0.4, 0.5) is 15.9 Å². The molecule has 0 atom stereocenters. The van der Waals surface area contributed by atoms with Gasteiger partial charge in [-0.25, -0.2) is 14.4 Å². The molecule has 42 heavy (non-hydrogen) atoms. The van der Waals surface area contributed by atoms with Gasteiger partial charge in [0, 0.05) is 54.9 Å². The van der Waals surface area contributed by atoms with Crippen LogP contribution in [0.15, 0.2) is 61.2 Å². The first kappa shape index (κ1) is 26.0. The molecule has 1 fully saturated rings. The summed E-state index contributed by atoms with van der Waals surface area (Å²) < 4.78 is 14.7. The average molecular weight is 564 g/mol. The van der Waals surface area contributed by atoms with Gasteiger partial charge in [-0.2, -0.15) is 5.10 Å². The van der Waals surface area contributed by atoms with Crippen molar-refractivity contribution in [3.8, 4) is 33.9 Å². The molecule has 0 aliphatic carbocycles. The van der Waals surface area contributed by atoms with Crippen LogP contribution in [0, 0.1) is 5.82 Å². The van der Waals surface area contributed by atoms with Crippen molar-refractivity contribution in [2.24, 2.45) is 5.73 Å². The van der Waals surface area contributed by atoms with Crippen molar-refractivity contribution in [3.05, 3.63) is 67.0 Å². The number of fused-ring (bicyclic) bond motifs is 2. The Kier molecular flexibility index (Phi) is 6.48. The molecule has 0 unspecified atom stereocenters. The Hall–Kier alpha value is -4.94. The highest BCUT2D eigenvalue weighted by atomic mass is 19.1. The number of nitrogens with one attached hydrogen (secondary N) is 3. The summed E-state index contributed by atoms with van der Waals surface area (Å²) in [5, 5.41) is 12.7. The summed E-state index contributed by atoms with van der Waals surface area (Å²) in [5.74, 6) is 0.481. The molecule has 6 heterocycles. The number of hydrogen-bond donors (Lipinski definition) is 4. The highest BCUT2D eigenvalue weighted by Crippen LogP contribution is 2.35. The third-order valence-electron chi connectivity index (χ3n) is 7.45. The second-order valence-electron chi connectivity index (χ2n) is 10.9. The molecular weight excluding hydrogens is 533 g/mol. The molecule has 0 saturated carbocycles. The van der Waals surface area contributed by atoms with E-state index in [1.165, 1.54) is 6.07 Å². The highest BCUT2D eigenvalue weighted by molar-refractivity contribution is 6.00. The van der Waals surface area contributed by atoms with Gasteiger partial charge in [0.15, 0.2) is 0 Å². The Labute approximate surface area is 241 Å². The molecule has 0 amide bonds. The number of benzene rings is 1. The molecule has 0 bridgehead atoms. The van der Waals surface area contributed by atoms with Gasteiger partial charge in [0.1, 0.15) is 28.7 Å². The number of rotatable bonds is 8.